The van der Waals surface area contributed by atoms with Crippen LogP contribution in [0.2, 0.25) is 5.02 Å². The van der Waals surface area contributed by atoms with Crippen LogP contribution < -0.4 is 0 Å². The smallest absolute Gasteiger partial charge is 0.107 e. The molecule has 11 heavy (non-hydrogen) atoms. The highest BCUT2D eigenvalue weighted by molar-refractivity contribution is 6.30. The molecule has 0 amide bonds. The Bertz CT molecular complexity index is 283. The molecule has 1 aliphatic rings. The lowest BCUT2D eigenvalue weighted by atomic mass is 10.2. The molecule has 3 heteroatoms. The van der Waals surface area contributed by atoms with Crippen molar-refractivity contribution in [2.45, 2.75) is 18.4 Å². The highest BCUT2D eigenvalue weighted by Gasteiger charge is 2.43. The summed E-state index contributed by atoms with van der Waals surface area (Å²) in [6.45, 7) is 0. The van der Waals surface area contributed by atoms with Crippen LogP contribution in [0.4, 0.5) is 0 Å². The average Bonchev–Trinajstić information content (AvgIpc) is 2.70. The number of hydrogen-bond acceptors (Lipinski definition) is 2. The second kappa shape index (κ2) is 2.19. The molecule has 0 saturated heterocycles. The number of aromatic nitrogens is 1. The van der Waals surface area contributed by atoms with E-state index in [4.69, 9.17) is 11.6 Å². The molecule has 2 nitrogen and oxygen atoms in total. The lowest BCUT2D eigenvalue weighted by Crippen LogP contribution is -2.06. The lowest BCUT2D eigenvalue weighted by Gasteiger charge is -2.05. The zero-order chi connectivity index (χ0) is 7.90. The molecule has 0 unspecified atom stereocenters. The number of pyridine rings is 1. The van der Waals surface area contributed by atoms with Gasteiger partial charge in [0, 0.05) is 11.2 Å². The summed E-state index contributed by atoms with van der Waals surface area (Å²) in [6.07, 6.45) is 3.23. The molecular weight excluding hydrogens is 162 g/mol. The molecule has 58 valence electrons. The fourth-order valence-electron chi connectivity index (χ4n) is 1.03. The molecule has 0 bridgehead atoms. The highest BCUT2D eigenvalue weighted by Crippen LogP contribution is 2.44. The zero-order valence-corrected chi connectivity index (χ0v) is 6.67. The minimum Gasteiger partial charge on any atom is -0.384 e. The summed E-state index contributed by atoms with van der Waals surface area (Å²) in [5.74, 6) is 0. The summed E-state index contributed by atoms with van der Waals surface area (Å²) in [4.78, 5) is 4.04. The quantitative estimate of drug-likeness (QED) is 0.695. The van der Waals surface area contributed by atoms with E-state index >= 15 is 0 Å². The van der Waals surface area contributed by atoms with Gasteiger partial charge in [-0.1, -0.05) is 11.6 Å². The normalized spacial score (nSPS) is 19.8. The van der Waals surface area contributed by atoms with Crippen molar-refractivity contribution in [1.29, 1.82) is 0 Å². The fraction of sp³-hybridized carbons (Fsp3) is 0.375. The van der Waals surface area contributed by atoms with E-state index in [2.05, 4.69) is 4.98 Å². The molecule has 1 aromatic heterocycles. The standard InChI is InChI=1S/C8H8ClNO/c9-6-1-4-10-7(5-6)8(11)2-3-8/h1,4-5,11H,2-3H2. The molecule has 0 aromatic carbocycles. The summed E-state index contributed by atoms with van der Waals surface area (Å²) in [5.41, 5.74) is 0.0373. The van der Waals surface area contributed by atoms with Crippen LogP contribution in [0.1, 0.15) is 18.5 Å². The monoisotopic (exact) mass is 169 g/mol. The SMILES string of the molecule is OC1(c2cc(Cl)ccn2)CC1. The summed E-state index contributed by atoms with van der Waals surface area (Å²) < 4.78 is 0. The predicted molar refractivity (Wildman–Crippen MR) is 42.4 cm³/mol. The first kappa shape index (κ1) is 7.07. The number of hydrogen-bond donors (Lipinski definition) is 1. The Morgan fingerprint density at radius 2 is 2.27 bits per heavy atom. The largest absolute Gasteiger partial charge is 0.384 e. The van der Waals surface area contributed by atoms with E-state index in [1.54, 1.807) is 18.3 Å². The third-order valence-electron chi connectivity index (χ3n) is 1.92. The van der Waals surface area contributed by atoms with Gasteiger partial charge in [0.2, 0.25) is 0 Å². The van der Waals surface area contributed by atoms with Crippen LogP contribution in [-0.2, 0) is 5.60 Å². The van der Waals surface area contributed by atoms with Crippen LogP contribution in [0.3, 0.4) is 0 Å². The molecule has 0 spiro atoms. The number of nitrogens with zero attached hydrogens (tertiary/aromatic N) is 1. The van der Waals surface area contributed by atoms with Gasteiger partial charge in [-0.15, -0.1) is 0 Å². The van der Waals surface area contributed by atoms with Crippen molar-refractivity contribution in [3.63, 3.8) is 0 Å². The maximum absolute atomic E-state index is 9.60. The Morgan fingerprint density at radius 1 is 1.55 bits per heavy atom. The summed E-state index contributed by atoms with van der Waals surface area (Å²) >= 11 is 5.73. The third kappa shape index (κ3) is 1.24. The van der Waals surface area contributed by atoms with E-state index in [-0.39, 0.29) is 0 Å². The third-order valence-corrected chi connectivity index (χ3v) is 2.16. The summed E-state index contributed by atoms with van der Waals surface area (Å²) in [6, 6.07) is 3.42. The predicted octanol–water partition coefficient (Wildman–Crippen LogP) is 1.72. The van der Waals surface area contributed by atoms with E-state index in [1.165, 1.54) is 0 Å². The lowest BCUT2D eigenvalue weighted by molar-refractivity contribution is 0.146. The second-order valence-electron chi connectivity index (χ2n) is 2.89. The van der Waals surface area contributed by atoms with E-state index in [0.29, 0.717) is 10.7 Å². The van der Waals surface area contributed by atoms with Crippen molar-refractivity contribution in [3.8, 4) is 0 Å². The molecule has 0 atom stereocenters. The number of rotatable bonds is 1. The van der Waals surface area contributed by atoms with Crippen molar-refractivity contribution < 1.29 is 5.11 Å². The van der Waals surface area contributed by atoms with Gasteiger partial charge in [-0.3, -0.25) is 4.98 Å². The van der Waals surface area contributed by atoms with Gasteiger partial charge in [0.15, 0.2) is 0 Å². The average molecular weight is 170 g/mol. The molecule has 1 saturated carbocycles. The molecule has 1 heterocycles. The fourth-order valence-corrected chi connectivity index (χ4v) is 1.19. The van der Waals surface area contributed by atoms with Crippen LogP contribution in [0.15, 0.2) is 18.3 Å². The van der Waals surface area contributed by atoms with Crippen LogP contribution in [-0.4, -0.2) is 10.1 Å². The van der Waals surface area contributed by atoms with E-state index in [9.17, 15) is 5.11 Å². The van der Waals surface area contributed by atoms with Gasteiger partial charge in [-0.25, -0.2) is 0 Å². The molecule has 1 fully saturated rings. The van der Waals surface area contributed by atoms with Crippen molar-refractivity contribution >= 4 is 11.6 Å². The Labute approximate surface area is 69.8 Å². The van der Waals surface area contributed by atoms with E-state index < -0.39 is 5.60 Å². The topological polar surface area (TPSA) is 33.1 Å². The maximum atomic E-state index is 9.60. The van der Waals surface area contributed by atoms with Crippen molar-refractivity contribution in [2.75, 3.05) is 0 Å². The van der Waals surface area contributed by atoms with Gasteiger partial charge in [-0.2, -0.15) is 0 Å². The minimum atomic E-state index is -0.662. The van der Waals surface area contributed by atoms with Gasteiger partial charge < -0.3 is 5.11 Å². The van der Waals surface area contributed by atoms with Crippen LogP contribution in [0, 0.1) is 0 Å². The Balaban J connectivity index is 2.38. The van der Waals surface area contributed by atoms with E-state index in [0.717, 1.165) is 12.8 Å². The molecule has 1 N–H and O–H groups in total. The van der Waals surface area contributed by atoms with Gasteiger partial charge >= 0.3 is 0 Å². The molecule has 0 aliphatic heterocycles. The van der Waals surface area contributed by atoms with Gasteiger partial charge in [0.25, 0.3) is 0 Å². The molecule has 0 radical (unpaired) electrons. The van der Waals surface area contributed by atoms with E-state index in [1.807, 2.05) is 0 Å². The van der Waals surface area contributed by atoms with Gasteiger partial charge in [-0.05, 0) is 25.0 Å². The molecule has 2 rings (SSSR count). The highest BCUT2D eigenvalue weighted by atomic mass is 35.5. The zero-order valence-electron chi connectivity index (χ0n) is 5.92. The number of halogens is 1. The van der Waals surface area contributed by atoms with Gasteiger partial charge in [0.05, 0.1) is 5.69 Å². The van der Waals surface area contributed by atoms with Crippen LogP contribution in [0.25, 0.3) is 0 Å². The maximum Gasteiger partial charge on any atom is 0.107 e. The second-order valence-corrected chi connectivity index (χ2v) is 3.33. The first-order valence-corrected chi connectivity index (χ1v) is 3.93. The van der Waals surface area contributed by atoms with Crippen molar-refractivity contribution in [3.05, 3.63) is 29.0 Å². The first-order valence-electron chi connectivity index (χ1n) is 3.55. The van der Waals surface area contributed by atoms with Crippen LogP contribution >= 0.6 is 11.6 Å². The minimum absolute atomic E-state index is 0.635. The molecule has 1 aromatic rings. The number of aliphatic hydroxyl groups is 1. The Kier molecular flexibility index (Phi) is 1.41. The van der Waals surface area contributed by atoms with Crippen LogP contribution in [0.5, 0.6) is 0 Å². The Hall–Kier alpha value is -0.600. The summed E-state index contributed by atoms with van der Waals surface area (Å²) in [5, 5.41) is 10.2. The van der Waals surface area contributed by atoms with Crippen molar-refractivity contribution in [2.24, 2.45) is 0 Å². The summed E-state index contributed by atoms with van der Waals surface area (Å²) in [7, 11) is 0. The molecular formula is C8H8ClNO. The van der Waals surface area contributed by atoms with Crippen molar-refractivity contribution in [1.82, 2.24) is 4.98 Å². The van der Waals surface area contributed by atoms with Gasteiger partial charge in [0.1, 0.15) is 5.60 Å². The Morgan fingerprint density at radius 3 is 2.82 bits per heavy atom. The first-order chi connectivity index (χ1) is 5.21. The molecule has 1 aliphatic carbocycles.